The molecule has 0 radical (unpaired) electrons. The van der Waals surface area contributed by atoms with Crippen LogP contribution in [0.3, 0.4) is 0 Å². The van der Waals surface area contributed by atoms with Gasteiger partial charge >= 0.3 is 0 Å². The van der Waals surface area contributed by atoms with E-state index >= 15 is 0 Å². The highest BCUT2D eigenvalue weighted by molar-refractivity contribution is 8.04. The van der Waals surface area contributed by atoms with Gasteiger partial charge in [-0.2, -0.15) is 0 Å². The lowest BCUT2D eigenvalue weighted by Crippen LogP contribution is -2.44. The molecule has 0 spiro atoms. The normalized spacial score (nSPS) is 14.8. The summed E-state index contributed by atoms with van der Waals surface area (Å²) in [5.74, 6) is -0.347. The summed E-state index contributed by atoms with van der Waals surface area (Å²) < 4.78 is 0. The highest BCUT2D eigenvalue weighted by Gasteiger charge is 2.30. The number of benzene rings is 2. The second-order valence-corrected chi connectivity index (χ2v) is 9.05. The third-order valence-electron chi connectivity index (χ3n) is 4.99. The molecule has 2 aromatic carbocycles. The van der Waals surface area contributed by atoms with E-state index in [4.69, 9.17) is 11.6 Å². The second-order valence-electron chi connectivity index (χ2n) is 7.53. The number of carbonyl (C=O) groups excluding carboxylic acids is 2. The summed E-state index contributed by atoms with van der Waals surface area (Å²) in [6, 6.07) is 15.0. The average Bonchev–Trinajstić information content (AvgIpc) is 2.75. The van der Waals surface area contributed by atoms with E-state index in [-0.39, 0.29) is 18.4 Å². The lowest BCUT2D eigenvalue weighted by atomic mass is 10.2. The molecular formula is C24H28ClN3O2S. The summed E-state index contributed by atoms with van der Waals surface area (Å²) in [6.45, 7) is 4.51. The van der Waals surface area contributed by atoms with Crippen molar-refractivity contribution in [3.05, 3.63) is 64.0 Å². The van der Waals surface area contributed by atoms with Crippen molar-refractivity contribution < 1.29 is 9.59 Å². The fraction of sp³-hybridized carbons (Fsp3) is 0.333. The van der Waals surface area contributed by atoms with Gasteiger partial charge in [0.15, 0.2) is 0 Å². The van der Waals surface area contributed by atoms with Gasteiger partial charge in [0, 0.05) is 23.0 Å². The molecule has 7 heteroatoms. The zero-order valence-electron chi connectivity index (χ0n) is 17.9. The van der Waals surface area contributed by atoms with Crippen molar-refractivity contribution in [3.8, 4) is 0 Å². The van der Waals surface area contributed by atoms with E-state index in [0.29, 0.717) is 16.5 Å². The first-order valence-corrected chi connectivity index (χ1v) is 11.7. The molecule has 1 heterocycles. The molecule has 0 aromatic heterocycles. The Morgan fingerprint density at radius 3 is 2.77 bits per heavy atom. The van der Waals surface area contributed by atoms with Crippen LogP contribution in [0.1, 0.15) is 25.3 Å². The number of fused-ring (bicyclic) bond motifs is 1. The first-order valence-electron chi connectivity index (χ1n) is 10.5. The number of nitrogens with zero attached hydrogens (tertiary/aromatic N) is 2. The molecule has 1 aliphatic rings. The molecule has 5 nitrogen and oxygen atoms in total. The van der Waals surface area contributed by atoms with Gasteiger partial charge in [-0.1, -0.05) is 61.0 Å². The van der Waals surface area contributed by atoms with E-state index in [0.717, 1.165) is 42.1 Å². The number of carbonyl (C=O) groups is 2. The van der Waals surface area contributed by atoms with E-state index in [9.17, 15) is 9.59 Å². The Labute approximate surface area is 193 Å². The number of rotatable bonds is 9. The first-order chi connectivity index (χ1) is 15.0. The number of amides is 2. The number of hydrogen-bond donors (Lipinski definition) is 1. The molecular weight excluding hydrogens is 430 g/mol. The van der Waals surface area contributed by atoms with Crippen LogP contribution >= 0.6 is 23.4 Å². The topological polar surface area (TPSA) is 52.7 Å². The third kappa shape index (κ3) is 6.60. The highest BCUT2D eigenvalue weighted by Crippen LogP contribution is 2.41. The van der Waals surface area contributed by atoms with Gasteiger partial charge in [0.05, 0.1) is 10.6 Å². The number of halogens is 1. The van der Waals surface area contributed by atoms with E-state index in [1.165, 1.54) is 11.8 Å². The number of nitrogens with one attached hydrogen (secondary N) is 1. The fourth-order valence-corrected chi connectivity index (χ4v) is 4.55. The predicted molar refractivity (Wildman–Crippen MR) is 129 cm³/mol. The molecule has 1 aliphatic heterocycles. The average molecular weight is 458 g/mol. The minimum absolute atomic E-state index is 0.0119. The van der Waals surface area contributed by atoms with Gasteiger partial charge in [-0.15, -0.1) is 0 Å². The largest absolute Gasteiger partial charge is 0.353 e. The van der Waals surface area contributed by atoms with Gasteiger partial charge < -0.3 is 10.2 Å². The summed E-state index contributed by atoms with van der Waals surface area (Å²) in [6.07, 6.45) is 4.11. The van der Waals surface area contributed by atoms with Crippen LogP contribution in [0.15, 0.2) is 58.3 Å². The van der Waals surface area contributed by atoms with Crippen molar-refractivity contribution in [1.82, 2.24) is 10.2 Å². The van der Waals surface area contributed by atoms with Crippen molar-refractivity contribution in [2.45, 2.75) is 24.7 Å². The maximum atomic E-state index is 13.2. The minimum Gasteiger partial charge on any atom is -0.353 e. The molecule has 31 heavy (non-hydrogen) atoms. The number of unbranched alkanes of at least 4 members (excludes halogenated alkanes) is 1. The van der Waals surface area contributed by atoms with Gasteiger partial charge in [0.1, 0.15) is 6.54 Å². The van der Waals surface area contributed by atoms with Gasteiger partial charge in [-0.05, 0) is 55.9 Å². The minimum atomic E-state index is -0.182. The van der Waals surface area contributed by atoms with Crippen molar-refractivity contribution in [1.29, 1.82) is 0 Å². The SMILES string of the molecule is CCCCN(C)CCNC(=O)CN1C(=O)C(=Cc2cccc(Cl)c2)Sc2ccccc21. The van der Waals surface area contributed by atoms with Crippen molar-refractivity contribution in [3.63, 3.8) is 0 Å². The number of anilines is 1. The molecule has 0 fully saturated rings. The Kier molecular flexibility index (Phi) is 8.58. The highest BCUT2D eigenvalue weighted by atomic mass is 35.5. The van der Waals surface area contributed by atoms with E-state index in [1.807, 2.05) is 48.5 Å². The lowest BCUT2D eigenvalue weighted by molar-refractivity contribution is -0.122. The van der Waals surface area contributed by atoms with Crippen LogP contribution in [-0.2, 0) is 9.59 Å². The first kappa shape index (κ1) is 23.4. The smallest absolute Gasteiger partial charge is 0.265 e. The van der Waals surface area contributed by atoms with Crippen LogP contribution in [0.5, 0.6) is 0 Å². The van der Waals surface area contributed by atoms with Gasteiger partial charge in [-0.3, -0.25) is 14.5 Å². The van der Waals surface area contributed by atoms with Gasteiger partial charge in [0.25, 0.3) is 5.91 Å². The standard InChI is InChI=1S/C24H28ClN3O2S/c1-3-4-13-27(2)14-12-26-23(29)17-28-20-10-5-6-11-21(20)31-22(24(28)30)16-18-8-7-9-19(25)15-18/h5-11,15-16H,3-4,12-14,17H2,1-2H3,(H,26,29). The molecule has 0 unspecified atom stereocenters. The van der Waals surface area contributed by atoms with Crippen LogP contribution in [0.2, 0.25) is 5.02 Å². The Balaban J connectivity index is 1.71. The molecule has 0 aliphatic carbocycles. The molecule has 2 amide bonds. The van der Waals surface area contributed by atoms with Crippen molar-refractivity contribution in [2.24, 2.45) is 0 Å². The van der Waals surface area contributed by atoms with Gasteiger partial charge in [0.2, 0.25) is 5.91 Å². The zero-order chi connectivity index (χ0) is 22.2. The van der Waals surface area contributed by atoms with Crippen LogP contribution in [0.25, 0.3) is 6.08 Å². The van der Waals surface area contributed by atoms with Crippen LogP contribution in [-0.4, -0.2) is 49.9 Å². The van der Waals surface area contributed by atoms with Gasteiger partial charge in [-0.25, -0.2) is 0 Å². The molecule has 0 bridgehead atoms. The molecule has 1 N–H and O–H groups in total. The van der Waals surface area contributed by atoms with E-state index in [1.54, 1.807) is 11.0 Å². The Hall–Kier alpha value is -2.28. The van der Waals surface area contributed by atoms with Crippen LogP contribution in [0.4, 0.5) is 5.69 Å². The van der Waals surface area contributed by atoms with Crippen LogP contribution < -0.4 is 10.2 Å². The molecule has 0 atom stereocenters. The zero-order valence-corrected chi connectivity index (χ0v) is 19.5. The summed E-state index contributed by atoms with van der Waals surface area (Å²) in [7, 11) is 2.05. The van der Waals surface area contributed by atoms with E-state index in [2.05, 4.69) is 24.2 Å². The maximum absolute atomic E-state index is 13.2. The monoisotopic (exact) mass is 457 g/mol. The molecule has 164 valence electrons. The lowest BCUT2D eigenvalue weighted by Gasteiger charge is -2.30. The molecule has 0 saturated carbocycles. The maximum Gasteiger partial charge on any atom is 0.265 e. The number of thioether (sulfide) groups is 1. The summed E-state index contributed by atoms with van der Waals surface area (Å²) in [5, 5.41) is 3.56. The number of hydrogen-bond acceptors (Lipinski definition) is 4. The molecule has 0 saturated heterocycles. The Morgan fingerprint density at radius 2 is 2.00 bits per heavy atom. The summed E-state index contributed by atoms with van der Waals surface area (Å²) in [4.78, 5) is 31.1. The predicted octanol–water partition coefficient (Wildman–Crippen LogP) is 4.67. The number of likely N-dealkylation sites (N-methyl/N-ethyl adjacent to an activating group) is 1. The Morgan fingerprint density at radius 1 is 1.19 bits per heavy atom. The Bertz CT molecular complexity index is 963. The molecule has 2 aromatic rings. The van der Waals surface area contributed by atoms with Crippen LogP contribution in [0, 0.1) is 0 Å². The summed E-state index contributed by atoms with van der Waals surface area (Å²) >= 11 is 7.50. The third-order valence-corrected chi connectivity index (χ3v) is 6.30. The number of para-hydroxylation sites is 1. The second kappa shape index (κ2) is 11.4. The van der Waals surface area contributed by atoms with Crippen molar-refractivity contribution in [2.75, 3.05) is 38.1 Å². The quantitative estimate of drug-likeness (QED) is 0.556. The summed E-state index contributed by atoms with van der Waals surface area (Å²) in [5.41, 5.74) is 1.61. The van der Waals surface area contributed by atoms with E-state index < -0.39 is 0 Å². The molecule has 3 rings (SSSR count). The van der Waals surface area contributed by atoms with Crippen molar-refractivity contribution >= 4 is 46.9 Å². The fourth-order valence-electron chi connectivity index (χ4n) is 3.29.